The minimum atomic E-state index is -0.577. The summed E-state index contributed by atoms with van der Waals surface area (Å²) in [5, 5.41) is 2.76. The third-order valence-corrected chi connectivity index (χ3v) is 3.82. The van der Waals surface area contributed by atoms with Crippen LogP contribution in [-0.4, -0.2) is 31.4 Å². The summed E-state index contributed by atoms with van der Waals surface area (Å²) >= 11 is 3.39. The molecule has 0 aromatic heterocycles. The second-order valence-corrected chi connectivity index (χ2v) is 5.66. The van der Waals surface area contributed by atoms with E-state index in [0.29, 0.717) is 26.1 Å². The molecule has 0 spiro atoms. The van der Waals surface area contributed by atoms with Gasteiger partial charge in [0.2, 0.25) is 11.8 Å². The van der Waals surface area contributed by atoms with E-state index in [1.54, 1.807) is 4.90 Å². The number of halogens is 2. The molecule has 7 heteroatoms. The van der Waals surface area contributed by atoms with Crippen LogP contribution in [0.15, 0.2) is 28.7 Å². The summed E-state index contributed by atoms with van der Waals surface area (Å²) in [6, 6.07) is 7.53. The summed E-state index contributed by atoms with van der Waals surface area (Å²) in [7, 11) is 0. The Bertz CT molecular complexity index is 513. The number of amides is 2. The summed E-state index contributed by atoms with van der Waals surface area (Å²) in [6.07, 6.45) is 1.28. The first-order valence-electron chi connectivity index (χ1n) is 6.68. The highest BCUT2D eigenvalue weighted by atomic mass is 79.9. The number of carbonyl (C=O) groups is 2. The zero-order valence-corrected chi connectivity index (χ0v) is 14.0. The molecule has 0 saturated carbocycles. The Hall–Kier alpha value is -1.11. The van der Waals surface area contributed by atoms with Crippen molar-refractivity contribution in [2.45, 2.75) is 12.8 Å². The van der Waals surface area contributed by atoms with Crippen LogP contribution in [0.5, 0.6) is 0 Å². The van der Waals surface area contributed by atoms with E-state index in [-0.39, 0.29) is 24.2 Å². The third kappa shape index (κ3) is 4.43. The molecule has 1 unspecified atom stereocenters. The van der Waals surface area contributed by atoms with Crippen molar-refractivity contribution in [3.8, 4) is 0 Å². The molecular formula is C14H19BrClN3O2. The van der Waals surface area contributed by atoms with Crippen LogP contribution < -0.4 is 16.0 Å². The first kappa shape index (κ1) is 17.9. The summed E-state index contributed by atoms with van der Waals surface area (Å²) < 4.78 is 0.915. The molecule has 2 amide bonds. The van der Waals surface area contributed by atoms with E-state index in [1.165, 1.54) is 0 Å². The van der Waals surface area contributed by atoms with Crippen molar-refractivity contribution in [2.24, 2.45) is 11.7 Å². The lowest BCUT2D eigenvalue weighted by Crippen LogP contribution is -2.37. The van der Waals surface area contributed by atoms with E-state index in [1.807, 2.05) is 24.3 Å². The van der Waals surface area contributed by atoms with Gasteiger partial charge in [-0.25, -0.2) is 0 Å². The zero-order valence-electron chi connectivity index (χ0n) is 11.5. The summed E-state index contributed by atoms with van der Waals surface area (Å²) in [4.78, 5) is 25.9. The molecule has 1 aromatic rings. The first-order chi connectivity index (χ1) is 9.63. The number of nitrogens with two attached hydrogens (primary N) is 1. The molecular weight excluding hydrogens is 358 g/mol. The Morgan fingerprint density at radius 1 is 1.48 bits per heavy atom. The summed E-state index contributed by atoms with van der Waals surface area (Å²) in [6.45, 7) is 1.63. The maximum Gasteiger partial charge on any atom is 0.239 e. The van der Waals surface area contributed by atoms with Gasteiger partial charge >= 0.3 is 0 Å². The topological polar surface area (TPSA) is 75.4 Å². The van der Waals surface area contributed by atoms with Crippen LogP contribution in [0.2, 0.25) is 0 Å². The van der Waals surface area contributed by atoms with Crippen molar-refractivity contribution in [2.75, 3.05) is 24.5 Å². The van der Waals surface area contributed by atoms with Crippen molar-refractivity contribution in [1.82, 2.24) is 5.32 Å². The highest BCUT2D eigenvalue weighted by molar-refractivity contribution is 9.10. The Balaban J connectivity index is 0.00000220. The van der Waals surface area contributed by atoms with E-state index in [0.717, 1.165) is 16.6 Å². The number of rotatable bonds is 5. The second-order valence-electron chi connectivity index (χ2n) is 4.74. The van der Waals surface area contributed by atoms with Gasteiger partial charge in [-0.05, 0) is 37.6 Å². The van der Waals surface area contributed by atoms with Crippen molar-refractivity contribution in [3.05, 3.63) is 28.7 Å². The fourth-order valence-electron chi connectivity index (χ4n) is 2.26. The SMILES string of the molecule is Cl.NCCCNC(=O)C1CCN(c2cccc(Br)c2)C1=O. The molecule has 1 atom stereocenters. The van der Waals surface area contributed by atoms with Crippen molar-refractivity contribution < 1.29 is 9.59 Å². The highest BCUT2D eigenvalue weighted by Crippen LogP contribution is 2.27. The van der Waals surface area contributed by atoms with E-state index >= 15 is 0 Å². The van der Waals surface area contributed by atoms with Crippen molar-refractivity contribution in [1.29, 1.82) is 0 Å². The van der Waals surface area contributed by atoms with Gasteiger partial charge in [0.25, 0.3) is 0 Å². The average Bonchev–Trinajstić information content (AvgIpc) is 2.81. The van der Waals surface area contributed by atoms with Crippen LogP contribution >= 0.6 is 28.3 Å². The molecule has 1 aliphatic rings. The molecule has 1 aliphatic heterocycles. The number of benzene rings is 1. The fourth-order valence-corrected chi connectivity index (χ4v) is 2.65. The predicted molar refractivity (Wildman–Crippen MR) is 88.5 cm³/mol. The van der Waals surface area contributed by atoms with Crippen LogP contribution in [-0.2, 0) is 9.59 Å². The standard InChI is InChI=1S/C14H18BrN3O2.ClH/c15-10-3-1-4-11(9-10)18-8-5-12(14(18)20)13(19)17-7-2-6-16;/h1,3-4,9,12H,2,5-8,16H2,(H,17,19);1H. The molecule has 21 heavy (non-hydrogen) atoms. The largest absolute Gasteiger partial charge is 0.355 e. The molecule has 0 aliphatic carbocycles. The lowest BCUT2D eigenvalue weighted by Gasteiger charge is -2.17. The first-order valence-corrected chi connectivity index (χ1v) is 7.47. The van der Waals surface area contributed by atoms with Crippen molar-refractivity contribution >= 4 is 45.8 Å². The van der Waals surface area contributed by atoms with E-state index < -0.39 is 5.92 Å². The number of nitrogens with one attached hydrogen (secondary N) is 1. The number of hydrogen-bond acceptors (Lipinski definition) is 3. The molecule has 2 rings (SSSR count). The predicted octanol–water partition coefficient (Wildman–Crippen LogP) is 1.69. The number of carbonyl (C=O) groups excluding carboxylic acids is 2. The van der Waals surface area contributed by atoms with E-state index in [9.17, 15) is 9.59 Å². The Morgan fingerprint density at radius 3 is 2.90 bits per heavy atom. The normalized spacial score (nSPS) is 17.5. The molecule has 3 N–H and O–H groups in total. The number of nitrogens with zero attached hydrogens (tertiary/aromatic N) is 1. The fraction of sp³-hybridized carbons (Fsp3) is 0.429. The van der Waals surface area contributed by atoms with Gasteiger partial charge in [-0.15, -0.1) is 12.4 Å². The molecule has 1 saturated heterocycles. The highest BCUT2D eigenvalue weighted by Gasteiger charge is 2.37. The zero-order chi connectivity index (χ0) is 14.5. The maximum atomic E-state index is 12.3. The Kier molecular flexibility index (Phi) is 7.14. The smallest absolute Gasteiger partial charge is 0.239 e. The minimum absolute atomic E-state index is 0. The molecule has 5 nitrogen and oxygen atoms in total. The van der Waals surface area contributed by atoms with Gasteiger partial charge in [-0.2, -0.15) is 0 Å². The lowest BCUT2D eigenvalue weighted by atomic mass is 10.1. The van der Waals surface area contributed by atoms with E-state index in [4.69, 9.17) is 5.73 Å². The van der Waals surface area contributed by atoms with Crippen LogP contribution in [0.25, 0.3) is 0 Å². The molecule has 0 radical (unpaired) electrons. The Labute approximate surface area is 138 Å². The van der Waals surface area contributed by atoms with Gasteiger partial charge < -0.3 is 16.0 Å². The number of anilines is 1. The van der Waals surface area contributed by atoms with Crippen LogP contribution in [0.1, 0.15) is 12.8 Å². The van der Waals surface area contributed by atoms with Gasteiger partial charge in [0.15, 0.2) is 0 Å². The van der Waals surface area contributed by atoms with Crippen LogP contribution in [0.4, 0.5) is 5.69 Å². The van der Waals surface area contributed by atoms with Crippen LogP contribution in [0.3, 0.4) is 0 Å². The second kappa shape index (κ2) is 8.36. The monoisotopic (exact) mass is 375 g/mol. The third-order valence-electron chi connectivity index (χ3n) is 3.32. The van der Waals surface area contributed by atoms with Crippen molar-refractivity contribution in [3.63, 3.8) is 0 Å². The molecule has 1 heterocycles. The minimum Gasteiger partial charge on any atom is -0.355 e. The molecule has 116 valence electrons. The molecule has 0 bridgehead atoms. The summed E-state index contributed by atoms with van der Waals surface area (Å²) in [5.41, 5.74) is 6.20. The molecule has 1 aromatic carbocycles. The van der Waals surface area contributed by atoms with E-state index in [2.05, 4.69) is 21.2 Å². The molecule has 1 fully saturated rings. The van der Waals surface area contributed by atoms with Gasteiger partial charge in [-0.1, -0.05) is 22.0 Å². The maximum absolute atomic E-state index is 12.3. The van der Waals surface area contributed by atoms with Crippen LogP contribution in [0, 0.1) is 5.92 Å². The van der Waals surface area contributed by atoms with Gasteiger partial charge in [0, 0.05) is 23.2 Å². The van der Waals surface area contributed by atoms with Gasteiger partial charge in [0.05, 0.1) is 0 Å². The lowest BCUT2D eigenvalue weighted by molar-refractivity contribution is -0.132. The summed E-state index contributed by atoms with van der Waals surface area (Å²) in [5.74, 6) is -0.902. The average molecular weight is 377 g/mol. The van der Waals surface area contributed by atoms with Gasteiger partial charge in [0.1, 0.15) is 5.92 Å². The van der Waals surface area contributed by atoms with Gasteiger partial charge in [-0.3, -0.25) is 9.59 Å². The Morgan fingerprint density at radius 2 is 2.24 bits per heavy atom. The quantitative estimate of drug-likeness (QED) is 0.606. The number of hydrogen-bond donors (Lipinski definition) is 2.